The molecule has 1 rings (SSSR count). The Morgan fingerprint density at radius 3 is 2.42 bits per heavy atom. The fourth-order valence-electron chi connectivity index (χ4n) is 2.36. The zero-order valence-electron chi connectivity index (χ0n) is 12.1. The molecule has 0 aliphatic heterocycles. The number of rotatable bonds is 8. The summed E-state index contributed by atoms with van der Waals surface area (Å²) in [6.07, 6.45) is 3.01. The number of aryl methyl sites for hydroxylation is 1. The highest BCUT2D eigenvalue weighted by molar-refractivity contribution is 7.99. The van der Waals surface area contributed by atoms with Crippen LogP contribution in [-0.4, -0.2) is 31.6 Å². The summed E-state index contributed by atoms with van der Waals surface area (Å²) in [4.78, 5) is 10.7. The molecule has 6 heteroatoms. The lowest BCUT2D eigenvalue weighted by Gasteiger charge is -2.25. The van der Waals surface area contributed by atoms with Crippen LogP contribution in [-0.2, 0) is 11.2 Å². The van der Waals surface area contributed by atoms with Gasteiger partial charge in [0.1, 0.15) is 5.82 Å². The second kappa shape index (κ2) is 7.53. The third-order valence-corrected chi connectivity index (χ3v) is 4.44. The van der Waals surface area contributed by atoms with E-state index in [1.807, 2.05) is 6.92 Å². The van der Waals surface area contributed by atoms with Crippen LogP contribution < -0.4 is 0 Å². The standard InChI is InChI=1S/C13H23N3O2S/c1-5-10(6-2)9(4)16-11(7-3)14-15-13(16)19-8-12(17)18/h9-10H,5-8H2,1-4H3,(H,17,18). The molecule has 19 heavy (non-hydrogen) atoms. The first-order valence-electron chi connectivity index (χ1n) is 6.83. The van der Waals surface area contributed by atoms with Gasteiger partial charge < -0.3 is 9.67 Å². The summed E-state index contributed by atoms with van der Waals surface area (Å²) in [5.41, 5.74) is 0. The van der Waals surface area contributed by atoms with Crippen molar-refractivity contribution in [3.63, 3.8) is 0 Å². The van der Waals surface area contributed by atoms with Gasteiger partial charge in [0, 0.05) is 12.5 Å². The first-order valence-corrected chi connectivity index (χ1v) is 7.81. The molecule has 0 fully saturated rings. The summed E-state index contributed by atoms with van der Waals surface area (Å²) in [7, 11) is 0. The number of carboxylic acid groups (broad SMARTS) is 1. The van der Waals surface area contributed by atoms with Gasteiger partial charge in [-0.2, -0.15) is 0 Å². The van der Waals surface area contributed by atoms with Crippen molar-refractivity contribution in [3.8, 4) is 0 Å². The van der Waals surface area contributed by atoms with E-state index in [1.165, 1.54) is 11.8 Å². The van der Waals surface area contributed by atoms with Crippen LogP contribution >= 0.6 is 11.8 Å². The Morgan fingerprint density at radius 2 is 1.95 bits per heavy atom. The Hall–Kier alpha value is -1.04. The van der Waals surface area contributed by atoms with Gasteiger partial charge in [0.2, 0.25) is 0 Å². The highest BCUT2D eigenvalue weighted by Gasteiger charge is 2.22. The van der Waals surface area contributed by atoms with Crippen molar-refractivity contribution in [2.75, 3.05) is 5.75 Å². The van der Waals surface area contributed by atoms with E-state index < -0.39 is 5.97 Å². The van der Waals surface area contributed by atoms with E-state index in [4.69, 9.17) is 5.11 Å². The number of carboxylic acids is 1. The van der Waals surface area contributed by atoms with Crippen molar-refractivity contribution in [2.24, 2.45) is 5.92 Å². The molecule has 0 amide bonds. The highest BCUT2D eigenvalue weighted by atomic mass is 32.2. The minimum Gasteiger partial charge on any atom is -0.481 e. The normalized spacial score (nSPS) is 12.9. The average Bonchev–Trinajstić information content (AvgIpc) is 2.80. The van der Waals surface area contributed by atoms with Gasteiger partial charge in [-0.1, -0.05) is 45.4 Å². The van der Waals surface area contributed by atoms with Gasteiger partial charge in [0.05, 0.1) is 5.75 Å². The molecule has 0 aliphatic rings. The summed E-state index contributed by atoms with van der Waals surface area (Å²) in [6.45, 7) is 8.59. The van der Waals surface area contributed by atoms with Crippen LogP contribution in [0.2, 0.25) is 0 Å². The maximum absolute atomic E-state index is 10.7. The molecule has 1 aromatic rings. The van der Waals surface area contributed by atoms with E-state index >= 15 is 0 Å². The van der Waals surface area contributed by atoms with Crippen LogP contribution in [0, 0.1) is 5.92 Å². The van der Waals surface area contributed by atoms with Crippen LogP contribution in [0.4, 0.5) is 0 Å². The van der Waals surface area contributed by atoms with Crippen LogP contribution in [0.5, 0.6) is 0 Å². The average molecular weight is 285 g/mol. The van der Waals surface area contributed by atoms with Crippen molar-refractivity contribution in [2.45, 2.75) is 58.2 Å². The van der Waals surface area contributed by atoms with Gasteiger partial charge in [-0.05, 0) is 12.8 Å². The molecule has 0 aromatic carbocycles. The van der Waals surface area contributed by atoms with Crippen molar-refractivity contribution in [1.82, 2.24) is 14.8 Å². The molecule has 0 aliphatic carbocycles. The topological polar surface area (TPSA) is 68.0 Å². The third-order valence-electron chi connectivity index (χ3n) is 3.51. The fraction of sp³-hybridized carbons (Fsp3) is 0.769. The predicted octanol–water partition coefficient (Wildman–Crippen LogP) is 3.01. The van der Waals surface area contributed by atoms with E-state index in [1.54, 1.807) is 0 Å². The van der Waals surface area contributed by atoms with Gasteiger partial charge in [0.25, 0.3) is 0 Å². The summed E-state index contributed by atoms with van der Waals surface area (Å²) >= 11 is 1.25. The van der Waals surface area contributed by atoms with Crippen molar-refractivity contribution in [1.29, 1.82) is 0 Å². The predicted molar refractivity (Wildman–Crippen MR) is 76.5 cm³/mol. The van der Waals surface area contributed by atoms with Gasteiger partial charge >= 0.3 is 5.97 Å². The number of aromatic nitrogens is 3. The monoisotopic (exact) mass is 285 g/mol. The largest absolute Gasteiger partial charge is 0.481 e. The lowest BCUT2D eigenvalue weighted by molar-refractivity contribution is -0.133. The zero-order valence-corrected chi connectivity index (χ0v) is 12.9. The molecule has 0 saturated carbocycles. The molecule has 1 N–H and O–H groups in total. The molecule has 1 aromatic heterocycles. The quantitative estimate of drug-likeness (QED) is 0.744. The smallest absolute Gasteiger partial charge is 0.313 e. The summed E-state index contributed by atoms with van der Waals surface area (Å²) in [5, 5.41) is 17.8. The van der Waals surface area contributed by atoms with Crippen LogP contribution in [0.25, 0.3) is 0 Å². The van der Waals surface area contributed by atoms with E-state index in [0.29, 0.717) is 12.0 Å². The number of nitrogens with zero attached hydrogens (tertiary/aromatic N) is 3. The van der Waals surface area contributed by atoms with Crippen LogP contribution in [0.1, 0.15) is 52.4 Å². The van der Waals surface area contributed by atoms with Gasteiger partial charge in [0.15, 0.2) is 5.16 Å². The van der Waals surface area contributed by atoms with Crippen molar-refractivity contribution < 1.29 is 9.90 Å². The van der Waals surface area contributed by atoms with Crippen LogP contribution in [0.3, 0.4) is 0 Å². The maximum atomic E-state index is 10.7. The number of aliphatic carboxylic acids is 1. The van der Waals surface area contributed by atoms with E-state index in [2.05, 4.69) is 35.5 Å². The van der Waals surface area contributed by atoms with Gasteiger partial charge in [-0.15, -0.1) is 10.2 Å². The molecule has 108 valence electrons. The number of thioether (sulfide) groups is 1. The van der Waals surface area contributed by atoms with E-state index in [-0.39, 0.29) is 5.75 Å². The Kier molecular flexibility index (Phi) is 6.34. The van der Waals surface area contributed by atoms with Crippen molar-refractivity contribution in [3.05, 3.63) is 5.82 Å². The Labute approximate surface area is 118 Å². The Bertz CT molecular complexity index is 416. The lowest BCUT2D eigenvalue weighted by atomic mass is 9.95. The SMILES string of the molecule is CCc1nnc(SCC(=O)O)n1C(C)C(CC)CC. The molecule has 5 nitrogen and oxygen atoms in total. The lowest BCUT2D eigenvalue weighted by Crippen LogP contribution is -2.19. The number of hydrogen-bond acceptors (Lipinski definition) is 4. The Balaban J connectivity index is 3.00. The first-order chi connectivity index (χ1) is 9.04. The van der Waals surface area contributed by atoms with Gasteiger partial charge in [-0.3, -0.25) is 4.79 Å². The first kappa shape index (κ1) is 16.0. The van der Waals surface area contributed by atoms with E-state index in [0.717, 1.165) is 30.2 Å². The third kappa shape index (κ3) is 3.96. The van der Waals surface area contributed by atoms with Crippen molar-refractivity contribution >= 4 is 17.7 Å². The summed E-state index contributed by atoms with van der Waals surface area (Å²) < 4.78 is 2.12. The number of carbonyl (C=O) groups is 1. The minimum atomic E-state index is -0.826. The van der Waals surface area contributed by atoms with Gasteiger partial charge in [-0.25, -0.2) is 0 Å². The summed E-state index contributed by atoms with van der Waals surface area (Å²) in [5.74, 6) is 0.697. The molecule has 0 spiro atoms. The molecule has 0 bridgehead atoms. The molecule has 1 unspecified atom stereocenters. The molecule has 0 saturated heterocycles. The highest BCUT2D eigenvalue weighted by Crippen LogP contribution is 2.29. The zero-order chi connectivity index (χ0) is 14.4. The second-order valence-corrected chi connectivity index (χ2v) is 5.56. The van der Waals surface area contributed by atoms with E-state index in [9.17, 15) is 4.79 Å². The molecular weight excluding hydrogens is 262 g/mol. The Morgan fingerprint density at radius 1 is 1.32 bits per heavy atom. The minimum absolute atomic E-state index is 0.0253. The maximum Gasteiger partial charge on any atom is 0.313 e. The van der Waals surface area contributed by atoms with Crippen LogP contribution in [0.15, 0.2) is 5.16 Å². The number of hydrogen-bond donors (Lipinski definition) is 1. The fourth-order valence-corrected chi connectivity index (χ4v) is 3.13. The molecular formula is C13H23N3O2S. The molecule has 1 heterocycles. The molecule has 0 radical (unpaired) electrons. The second-order valence-electron chi connectivity index (χ2n) is 4.62. The molecule has 1 atom stereocenters. The summed E-state index contributed by atoms with van der Waals surface area (Å²) in [6, 6.07) is 0.302.